The molecule has 0 unspecified atom stereocenters. The lowest BCUT2D eigenvalue weighted by atomic mass is 10.0. The predicted octanol–water partition coefficient (Wildman–Crippen LogP) is 3.31. The third kappa shape index (κ3) is 1.81. The number of aryl methyl sites for hydroxylation is 1. The van der Waals surface area contributed by atoms with Crippen LogP contribution < -0.4 is 10.5 Å². The zero-order valence-corrected chi connectivity index (χ0v) is 11.6. The van der Waals surface area contributed by atoms with Crippen LogP contribution in [0.3, 0.4) is 0 Å². The number of rotatable bonds is 3. The second-order valence-corrected chi connectivity index (χ2v) is 4.63. The number of hydrogen-bond acceptors (Lipinski definition) is 3. The summed E-state index contributed by atoms with van der Waals surface area (Å²) in [6, 6.07) is 12.1. The number of hydrogen-bond donors (Lipinski definition) is 1. The number of methoxy groups -OCH3 is 1. The molecule has 2 N–H and O–H groups in total. The number of benzene rings is 2. The Hall–Kier alpha value is -2.49. The lowest BCUT2D eigenvalue weighted by Crippen LogP contribution is -1.99. The van der Waals surface area contributed by atoms with Crippen molar-refractivity contribution in [3.63, 3.8) is 0 Å². The van der Waals surface area contributed by atoms with E-state index in [1.165, 1.54) is 0 Å². The summed E-state index contributed by atoms with van der Waals surface area (Å²) in [6.07, 6.45) is 1.78. The fourth-order valence-corrected chi connectivity index (χ4v) is 2.51. The number of fused-ring (bicyclic) bond motifs is 1. The van der Waals surface area contributed by atoms with Crippen LogP contribution in [0.25, 0.3) is 22.0 Å². The molecule has 0 aliphatic carbocycles. The van der Waals surface area contributed by atoms with E-state index in [2.05, 4.69) is 11.1 Å². The first kappa shape index (κ1) is 12.5. The molecule has 1 aromatic heterocycles. The molecule has 0 aliphatic heterocycles. The Labute approximate surface area is 117 Å². The van der Waals surface area contributed by atoms with Crippen molar-refractivity contribution in [3.05, 3.63) is 42.7 Å². The van der Waals surface area contributed by atoms with Crippen LogP contribution >= 0.6 is 0 Å². The molecule has 0 spiro atoms. The van der Waals surface area contributed by atoms with E-state index in [4.69, 9.17) is 10.5 Å². The SMILES string of the molecule is CCn1cnc(-c2ccc(OC)c3ccccc23)c1N. The van der Waals surface area contributed by atoms with Crippen LogP contribution in [0.2, 0.25) is 0 Å². The molecule has 3 rings (SSSR count). The molecule has 0 aliphatic rings. The van der Waals surface area contributed by atoms with Crippen molar-refractivity contribution in [3.8, 4) is 17.0 Å². The topological polar surface area (TPSA) is 53.1 Å². The Morgan fingerprint density at radius 2 is 1.90 bits per heavy atom. The number of nitrogens with two attached hydrogens (primary N) is 1. The Kier molecular flexibility index (Phi) is 3.06. The summed E-state index contributed by atoms with van der Waals surface area (Å²) in [6.45, 7) is 2.86. The molecule has 20 heavy (non-hydrogen) atoms. The van der Waals surface area contributed by atoms with Gasteiger partial charge in [0.2, 0.25) is 0 Å². The summed E-state index contributed by atoms with van der Waals surface area (Å²) in [5.74, 6) is 1.56. The van der Waals surface area contributed by atoms with Crippen LogP contribution in [0.15, 0.2) is 42.7 Å². The van der Waals surface area contributed by atoms with E-state index >= 15 is 0 Å². The molecule has 102 valence electrons. The summed E-state index contributed by atoms with van der Waals surface area (Å²) in [5, 5.41) is 2.16. The first-order valence-corrected chi connectivity index (χ1v) is 6.63. The van der Waals surface area contributed by atoms with E-state index < -0.39 is 0 Å². The van der Waals surface area contributed by atoms with Crippen LogP contribution in [-0.4, -0.2) is 16.7 Å². The van der Waals surface area contributed by atoms with Crippen molar-refractivity contribution >= 4 is 16.6 Å². The van der Waals surface area contributed by atoms with Crippen LogP contribution in [0, 0.1) is 0 Å². The number of imidazole rings is 1. The van der Waals surface area contributed by atoms with Crippen molar-refractivity contribution in [2.24, 2.45) is 0 Å². The Bertz CT molecular complexity index is 762. The smallest absolute Gasteiger partial charge is 0.131 e. The summed E-state index contributed by atoms with van der Waals surface area (Å²) < 4.78 is 7.36. The lowest BCUT2D eigenvalue weighted by Gasteiger charge is -2.10. The molecular weight excluding hydrogens is 250 g/mol. The van der Waals surface area contributed by atoms with Gasteiger partial charge in [0.15, 0.2) is 0 Å². The third-order valence-electron chi connectivity index (χ3n) is 3.58. The van der Waals surface area contributed by atoms with Crippen molar-refractivity contribution in [2.45, 2.75) is 13.5 Å². The van der Waals surface area contributed by atoms with Gasteiger partial charge < -0.3 is 15.0 Å². The van der Waals surface area contributed by atoms with Crippen LogP contribution in [0.5, 0.6) is 5.75 Å². The minimum atomic E-state index is 0.697. The van der Waals surface area contributed by atoms with Crippen molar-refractivity contribution < 1.29 is 4.74 Å². The lowest BCUT2D eigenvalue weighted by molar-refractivity contribution is 0.420. The minimum absolute atomic E-state index is 0.697. The Balaban J connectivity index is 2.29. The van der Waals surface area contributed by atoms with E-state index in [1.807, 2.05) is 41.8 Å². The minimum Gasteiger partial charge on any atom is -0.496 e. The largest absolute Gasteiger partial charge is 0.496 e. The zero-order chi connectivity index (χ0) is 14.1. The van der Waals surface area contributed by atoms with Gasteiger partial charge in [-0.25, -0.2) is 4.98 Å². The number of nitrogens with zero attached hydrogens (tertiary/aromatic N) is 2. The van der Waals surface area contributed by atoms with Crippen LogP contribution in [0.1, 0.15) is 6.92 Å². The highest BCUT2D eigenvalue weighted by Crippen LogP contribution is 2.35. The van der Waals surface area contributed by atoms with Gasteiger partial charge in [-0.05, 0) is 24.4 Å². The van der Waals surface area contributed by atoms with Gasteiger partial charge in [0, 0.05) is 17.5 Å². The molecule has 0 atom stereocenters. The van der Waals surface area contributed by atoms with Gasteiger partial charge in [-0.3, -0.25) is 0 Å². The van der Waals surface area contributed by atoms with Gasteiger partial charge in [-0.1, -0.05) is 24.3 Å². The molecule has 2 aromatic carbocycles. The highest BCUT2D eigenvalue weighted by molar-refractivity contribution is 6.00. The number of aromatic nitrogens is 2. The Morgan fingerprint density at radius 3 is 2.55 bits per heavy atom. The first-order chi connectivity index (χ1) is 9.76. The average molecular weight is 267 g/mol. The van der Waals surface area contributed by atoms with Gasteiger partial charge in [0.05, 0.1) is 13.4 Å². The normalized spacial score (nSPS) is 10.9. The highest BCUT2D eigenvalue weighted by Gasteiger charge is 2.13. The average Bonchev–Trinajstić information content (AvgIpc) is 2.87. The number of anilines is 1. The van der Waals surface area contributed by atoms with E-state index in [1.54, 1.807) is 13.4 Å². The summed E-state index contributed by atoms with van der Waals surface area (Å²) in [5.41, 5.74) is 8.03. The van der Waals surface area contributed by atoms with Gasteiger partial charge in [-0.15, -0.1) is 0 Å². The monoisotopic (exact) mass is 267 g/mol. The molecule has 0 saturated heterocycles. The van der Waals surface area contributed by atoms with Crippen molar-refractivity contribution in [1.29, 1.82) is 0 Å². The summed E-state index contributed by atoms with van der Waals surface area (Å²) >= 11 is 0. The molecule has 0 bridgehead atoms. The molecule has 0 fully saturated rings. The number of ether oxygens (including phenoxy) is 1. The molecule has 4 heteroatoms. The molecule has 0 amide bonds. The van der Waals surface area contributed by atoms with E-state index in [0.29, 0.717) is 5.82 Å². The zero-order valence-electron chi connectivity index (χ0n) is 11.6. The fraction of sp³-hybridized carbons (Fsp3) is 0.188. The maximum atomic E-state index is 6.18. The van der Waals surface area contributed by atoms with Gasteiger partial charge >= 0.3 is 0 Å². The van der Waals surface area contributed by atoms with Crippen molar-refractivity contribution in [2.75, 3.05) is 12.8 Å². The van der Waals surface area contributed by atoms with E-state index in [-0.39, 0.29) is 0 Å². The van der Waals surface area contributed by atoms with E-state index in [9.17, 15) is 0 Å². The van der Waals surface area contributed by atoms with Crippen molar-refractivity contribution in [1.82, 2.24) is 9.55 Å². The maximum Gasteiger partial charge on any atom is 0.131 e. The molecule has 0 saturated carbocycles. The van der Waals surface area contributed by atoms with Crippen LogP contribution in [0.4, 0.5) is 5.82 Å². The maximum absolute atomic E-state index is 6.18. The summed E-state index contributed by atoms with van der Waals surface area (Å²) in [4.78, 5) is 4.46. The summed E-state index contributed by atoms with van der Waals surface area (Å²) in [7, 11) is 1.68. The van der Waals surface area contributed by atoms with Gasteiger partial charge in [0.25, 0.3) is 0 Å². The third-order valence-corrected chi connectivity index (χ3v) is 3.58. The predicted molar refractivity (Wildman–Crippen MR) is 81.8 cm³/mol. The molecule has 0 radical (unpaired) electrons. The fourth-order valence-electron chi connectivity index (χ4n) is 2.51. The standard InChI is InChI=1S/C16H17N3O/c1-3-19-10-18-15(16(19)17)13-8-9-14(20-2)12-7-5-4-6-11(12)13/h4-10H,3,17H2,1-2H3. The molecular formula is C16H17N3O. The molecule has 1 heterocycles. The number of nitrogen functional groups attached to an aromatic ring is 1. The van der Waals surface area contributed by atoms with E-state index in [0.717, 1.165) is 34.3 Å². The quantitative estimate of drug-likeness (QED) is 0.792. The Morgan fingerprint density at radius 1 is 1.15 bits per heavy atom. The van der Waals surface area contributed by atoms with Gasteiger partial charge in [0.1, 0.15) is 17.3 Å². The second-order valence-electron chi connectivity index (χ2n) is 4.63. The first-order valence-electron chi connectivity index (χ1n) is 6.63. The van der Waals surface area contributed by atoms with Crippen LogP contribution in [-0.2, 0) is 6.54 Å². The highest BCUT2D eigenvalue weighted by atomic mass is 16.5. The second kappa shape index (κ2) is 4.89. The van der Waals surface area contributed by atoms with Gasteiger partial charge in [-0.2, -0.15) is 0 Å². The molecule has 4 nitrogen and oxygen atoms in total. The molecule has 3 aromatic rings.